The Bertz CT molecular complexity index is 1280. The van der Waals surface area contributed by atoms with Crippen molar-refractivity contribution in [3.05, 3.63) is 55.1 Å². The number of nitrogens with zero attached hydrogens (tertiary/aromatic N) is 4. The first kappa shape index (κ1) is 18.9. The molecule has 1 fully saturated rings. The van der Waals surface area contributed by atoms with Gasteiger partial charge in [0.2, 0.25) is 5.88 Å². The summed E-state index contributed by atoms with van der Waals surface area (Å²) >= 11 is 0. The molecule has 0 radical (unpaired) electrons. The van der Waals surface area contributed by atoms with Crippen LogP contribution in [0.3, 0.4) is 0 Å². The van der Waals surface area contributed by atoms with Gasteiger partial charge in [-0.15, -0.1) is 0 Å². The van der Waals surface area contributed by atoms with Gasteiger partial charge in [0.05, 0.1) is 24.6 Å². The van der Waals surface area contributed by atoms with Crippen LogP contribution >= 0.6 is 0 Å². The molecule has 0 spiro atoms. The van der Waals surface area contributed by atoms with E-state index in [1.807, 2.05) is 54.0 Å². The van der Waals surface area contributed by atoms with Crippen molar-refractivity contribution in [2.24, 2.45) is 0 Å². The van der Waals surface area contributed by atoms with E-state index in [9.17, 15) is 0 Å². The highest BCUT2D eigenvalue weighted by molar-refractivity contribution is 5.75. The van der Waals surface area contributed by atoms with Crippen molar-refractivity contribution < 1.29 is 14.2 Å². The van der Waals surface area contributed by atoms with Gasteiger partial charge in [-0.1, -0.05) is 0 Å². The number of pyridine rings is 1. The third-order valence-corrected chi connectivity index (χ3v) is 5.47. The Hall–Kier alpha value is -3.85. The van der Waals surface area contributed by atoms with Crippen LogP contribution in [0, 0.1) is 0 Å². The first-order valence-corrected chi connectivity index (χ1v) is 10.5. The summed E-state index contributed by atoms with van der Waals surface area (Å²) in [4.78, 5) is 13.7. The van der Waals surface area contributed by atoms with E-state index in [4.69, 9.17) is 19.2 Å². The maximum Gasteiger partial charge on any atom is 0.237 e. The lowest BCUT2D eigenvalue weighted by atomic mass is 10.1. The summed E-state index contributed by atoms with van der Waals surface area (Å²) < 4.78 is 18.8. The summed E-state index contributed by atoms with van der Waals surface area (Å²) in [5.41, 5.74) is 3.92. The monoisotopic (exact) mass is 430 g/mol. The number of nitrogens with one attached hydrogen (secondary N) is 2. The summed E-state index contributed by atoms with van der Waals surface area (Å²) in [7, 11) is 0. The second-order valence-corrected chi connectivity index (χ2v) is 8.18. The summed E-state index contributed by atoms with van der Waals surface area (Å²) in [5.74, 6) is 2.08. The van der Waals surface area contributed by atoms with Gasteiger partial charge in [0.1, 0.15) is 12.4 Å². The molecule has 32 heavy (non-hydrogen) atoms. The molecule has 2 aliphatic heterocycles. The van der Waals surface area contributed by atoms with Crippen LogP contribution in [0.1, 0.15) is 6.92 Å². The number of rotatable bonds is 5. The molecule has 0 atom stereocenters. The maximum atomic E-state index is 6.02. The molecular weight excluding hydrogens is 408 g/mol. The first-order chi connectivity index (χ1) is 15.7. The van der Waals surface area contributed by atoms with Crippen LogP contribution < -0.4 is 20.1 Å². The smallest absolute Gasteiger partial charge is 0.237 e. The van der Waals surface area contributed by atoms with E-state index in [-0.39, 0.29) is 5.60 Å². The molecule has 4 aromatic rings. The van der Waals surface area contributed by atoms with Gasteiger partial charge in [-0.3, -0.25) is 0 Å². The topological polar surface area (TPSA) is 94.8 Å². The lowest BCUT2D eigenvalue weighted by Gasteiger charge is -2.38. The minimum Gasteiger partial charge on any atom is -0.483 e. The number of fused-ring (bicyclic) bond motifs is 2. The number of benzene rings is 1. The molecule has 1 aromatic carbocycles. The first-order valence-electron chi connectivity index (χ1n) is 10.5. The minimum atomic E-state index is -0.240. The largest absolute Gasteiger partial charge is 0.483 e. The van der Waals surface area contributed by atoms with Gasteiger partial charge >= 0.3 is 0 Å². The number of hydrogen-bond acceptors (Lipinski definition) is 8. The fourth-order valence-electron chi connectivity index (χ4n) is 3.80. The van der Waals surface area contributed by atoms with E-state index in [1.54, 1.807) is 12.4 Å². The van der Waals surface area contributed by atoms with Crippen molar-refractivity contribution in [3.8, 4) is 22.9 Å². The van der Waals surface area contributed by atoms with E-state index in [1.165, 1.54) is 0 Å². The molecule has 0 bridgehead atoms. The minimum absolute atomic E-state index is 0.240. The van der Waals surface area contributed by atoms with Gasteiger partial charge in [0, 0.05) is 42.6 Å². The van der Waals surface area contributed by atoms with E-state index in [2.05, 4.69) is 20.6 Å². The number of anilines is 3. The Kier molecular flexibility index (Phi) is 4.36. The van der Waals surface area contributed by atoms with Crippen molar-refractivity contribution in [2.75, 3.05) is 37.0 Å². The molecule has 6 rings (SSSR count). The highest BCUT2D eigenvalue weighted by Crippen LogP contribution is 2.31. The zero-order valence-corrected chi connectivity index (χ0v) is 17.5. The number of imidazole rings is 1. The van der Waals surface area contributed by atoms with Crippen LogP contribution in [0.5, 0.6) is 11.6 Å². The van der Waals surface area contributed by atoms with Gasteiger partial charge in [0.25, 0.3) is 0 Å². The van der Waals surface area contributed by atoms with Gasteiger partial charge < -0.3 is 29.2 Å². The standard InChI is InChI=1S/C23H22N6O3/c1-23(13-30-14-23)32-17-4-2-16(3-5-17)27-20-21-25-6-8-29(21)12-19(28-20)15-10-18-22(26-11-15)31-9-7-24-18/h2-6,8,10-12,24H,7,9,13-14H2,1H3,(H,27,28). The second kappa shape index (κ2) is 7.38. The summed E-state index contributed by atoms with van der Waals surface area (Å²) in [6, 6.07) is 9.82. The van der Waals surface area contributed by atoms with Crippen LogP contribution in [0.2, 0.25) is 0 Å². The van der Waals surface area contributed by atoms with Crippen LogP contribution in [-0.2, 0) is 4.74 Å². The Labute approximate surface area is 184 Å². The molecule has 0 unspecified atom stereocenters. The Morgan fingerprint density at radius 2 is 2.06 bits per heavy atom. The van der Waals surface area contributed by atoms with Gasteiger partial charge in [-0.25, -0.2) is 15.0 Å². The molecule has 2 aliphatic rings. The van der Waals surface area contributed by atoms with E-state index >= 15 is 0 Å². The van der Waals surface area contributed by atoms with Crippen LogP contribution in [0.25, 0.3) is 16.9 Å². The molecule has 0 aliphatic carbocycles. The lowest BCUT2D eigenvalue weighted by Crippen LogP contribution is -2.51. The molecule has 0 amide bonds. The SMILES string of the molecule is CC1(Oc2ccc(Nc3nc(-c4cnc5c(c4)NCCO5)cn4ccnc34)cc2)COC1. The summed E-state index contributed by atoms with van der Waals surface area (Å²) in [6.07, 6.45) is 7.37. The number of aromatic nitrogens is 4. The molecule has 162 valence electrons. The average molecular weight is 430 g/mol. The fourth-order valence-corrected chi connectivity index (χ4v) is 3.80. The number of hydrogen-bond donors (Lipinski definition) is 2. The van der Waals surface area contributed by atoms with Crippen molar-refractivity contribution >= 4 is 22.8 Å². The summed E-state index contributed by atoms with van der Waals surface area (Å²) in [5, 5.41) is 6.71. The second-order valence-electron chi connectivity index (χ2n) is 8.18. The highest BCUT2D eigenvalue weighted by Gasteiger charge is 2.35. The van der Waals surface area contributed by atoms with Gasteiger partial charge in [-0.05, 0) is 37.3 Å². The Morgan fingerprint density at radius 3 is 2.88 bits per heavy atom. The summed E-state index contributed by atoms with van der Waals surface area (Å²) in [6.45, 7) is 4.64. The van der Waals surface area contributed by atoms with E-state index in [0.29, 0.717) is 31.5 Å². The average Bonchev–Trinajstić information content (AvgIpc) is 3.28. The molecule has 5 heterocycles. The third kappa shape index (κ3) is 3.46. The molecule has 9 nitrogen and oxygen atoms in total. The lowest BCUT2D eigenvalue weighted by molar-refractivity contribution is -0.149. The van der Waals surface area contributed by atoms with Crippen LogP contribution in [-0.4, -0.2) is 51.3 Å². The van der Waals surface area contributed by atoms with Gasteiger partial charge in [-0.2, -0.15) is 0 Å². The van der Waals surface area contributed by atoms with Crippen LogP contribution in [0.4, 0.5) is 17.2 Å². The molecular formula is C23H22N6O3. The van der Waals surface area contributed by atoms with Crippen LogP contribution in [0.15, 0.2) is 55.1 Å². The van der Waals surface area contributed by atoms with Crippen molar-refractivity contribution in [3.63, 3.8) is 0 Å². The molecule has 0 saturated carbocycles. The molecule has 3 aromatic heterocycles. The quantitative estimate of drug-likeness (QED) is 0.497. The predicted molar refractivity (Wildman–Crippen MR) is 120 cm³/mol. The molecule has 1 saturated heterocycles. The zero-order valence-electron chi connectivity index (χ0n) is 17.5. The van der Waals surface area contributed by atoms with E-state index in [0.717, 1.165) is 40.6 Å². The van der Waals surface area contributed by atoms with Gasteiger partial charge in [0.15, 0.2) is 17.1 Å². The molecule has 2 N–H and O–H groups in total. The normalized spacial score (nSPS) is 16.4. The predicted octanol–water partition coefficient (Wildman–Crippen LogP) is 3.51. The van der Waals surface area contributed by atoms with Crippen molar-refractivity contribution in [1.82, 2.24) is 19.4 Å². The van der Waals surface area contributed by atoms with E-state index < -0.39 is 0 Å². The third-order valence-electron chi connectivity index (χ3n) is 5.47. The highest BCUT2D eigenvalue weighted by atomic mass is 16.6. The fraction of sp³-hybridized carbons (Fsp3) is 0.261. The Morgan fingerprint density at radius 1 is 1.19 bits per heavy atom. The van der Waals surface area contributed by atoms with Crippen molar-refractivity contribution in [2.45, 2.75) is 12.5 Å². The Balaban J connectivity index is 1.30. The van der Waals surface area contributed by atoms with Crippen molar-refractivity contribution in [1.29, 1.82) is 0 Å². The molecule has 9 heteroatoms. The number of ether oxygens (including phenoxy) is 3. The maximum absolute atomic E-state index is 6.02. The zero-order chi connectivity index (χ0) is 21.5.